The lowest BCUT2D eigenvalue weighted by Gasteiger charge is -2.12. The summed E-state index contributed by atoms with van der Waals surface area (Å²) in [5, 5.41) is 11.0. The van der Waals surface area contributed by atoms with Crippen molar-refractivity contribution >= 4 is 5.69 Å². The van der Waals surface area contributed by atoms with E-state index in [1.165, 1.54) is 0 Å². The number of hydrogen-bond donors (Lipinski definition) is 0. The number of rotatable bonds is 4. The van der Waals surface area contributed by atoms with Crippen molar-refractivity contribution < 1.29 is 4.92 Å². The highest BCUT2D eigenvalue weighted by molar-refractivity contribution is 5.51. The van der Waals surface area contributed by atoms with E-state index in [-0.39, 0.29) is 16.5 Å². The Bertz CT molecular complexity index is 436. The van der Waals surface area contributed by atoms with Gasteiger partial charge in [-0.15, -0.1) is 6.58 Å². The molecule has 3 heteroatoms. The number of hydrogen-bond acceptors (Lipinski definition) is 2. The third-order valence-electron chi connectivity index (χ3n) is 3.14. The fourth-order valence-electron chi connectivity index (χ4n) is 2.07. The van der Waals surface area contributed by atoms with E-state index in [1.54, 1.807) is 12.1 Å². The van der Waals surface area contributed by atoms with Gasteiger partial charge in [-0.2, -0.15) is 0 Å². The van der Waals surface area contributed by atoms with Crippen LogP contribution in [0, 0.1) is 10.1 Å². The molecule has 0 amide bonds. The van der Waals surface area contributed by atoms with Crippen LogP contribution in [0.4, 0.5) is 5.69 Å². The van der Waals surface area contributed by atoms with Gasteiger partial charge in [-0.3, -0.25) is 10.1 Å². The fourth-order valence-corrected chi connectivity index (χ4v) is 2.07. The van der Waals surface area contributed by atoms with Crippen molar-refractivity contribution in [1.29, 1.82) is 0 Å². The second kappa shape index (κ2) is 4.08. The number of allylic oxidation sites excluding steroid dienone is 1. The lowest BCUT2D eigenvalue weighted by molar-refractivity contribution is -0.385. The third kappa shape index (κ3) is 1.85. The quantitative estimate of drug-likeness (QED) is 0.438. The first kappa shape index (κ1) is 10.9. The van der Waals surface area contributed by atoms with Crippen molar-refractivity contribution in [3.63, 3.8) is 0 Å². The largest absolute Gasteiger partial charge is 0.273 e. The van der Waals surface area contributed by atoms with Crippen LogP contribution in [0.15, 0.2) is 30.9 Å². The van der Waals surface area contributed by atoms with Gasteiger partial charge in [-0.25, -0.2) is 0 Å². The van der Waals surface area contributed by atoms with Crippen molar-refractivity contribution in [1.82, 2.24) is 0 Å². The number of nitrogens with zero attached hydrogens (tertiary/aromatic N) is 1. The van der Waals surface area contributed by atoms with Crippen LogP contribution >= 0.6 is 0 Å². The molecule has 0 aromatic heterocycles. The Labute approximate surface area is 94.9 Å². The zero-order valence-corrected chi connectivity index (χ0v) is 9.35. The molecule has 1 aromatic carbocycles. The van der Waals surface area contributed by atoms with Gasteiger partial charge in [-0.1, -0.05) is 25.1 Å². The summed E-state index contributed by atoms with van der Waals surface area (Å²) >= 11 is 0. The summed E-state index contributed by atoms with van der Waals surface area (Å²) in [4.78, 5) is 10.7. The molecule has 0 bridgehead atoms. The predicted molar refractivity (Wildman–Crippen MR) is 63.7 cm³/mol. The summed E-state index contributed by atoms with van der Waals surface area (Å²) in [5.74, 6) is 0.564. The summed E-state index contributed by atoms with van der Waals surface area (Å²) in [7, 11) is 0. The van der Waals surface area contributed by atoms with E-state index >= 15 is 0 Å². The van der Waals surface area contributed by atoms with Gasteiger partial charge in [0.25, 0.3) is 5.69 Å². The number of nitro groups is 1. The van der Waals surface area contributed by atoms with Crippen LogP contribution < -0.4 is 0 Å². The minimum Gasteiger partial charge on any atom is -0.258 e. The Hall–Kier alpha value is -1.64. The average molecular weight is 217 g/mol. The van der Waals surface area contributed by atoms with Gasteiger partial charge < -0.3 is 0 Å². The molecular formula is C13H15NO2. The minimum absolute atomic E-state index is 0.176. The van der Waals surface area contributed by atoms with E-state index < -0.39 is 0 Å². The summed E-state index contributed by atoms with van der Waals surface area (Å²) < 4.78 is 0. The molecule has 16 heavy (non-hydrogen) atoms. The van der Waals surface area contributed by atoms with Crippen LogP contribution in [-0.2, 0) is 0 Å². The highest BCUT2D eigenvalue weighted by Gasteiger charge is 2.33. The first-order chi connectivity index (χ1) is 7.65. The normalized spacial score (nSPS) is 16.8. The van der Waals surface area contributed by atoms with Gasteiger partial charge in [0.15, 0.2) is 0 Å². The molecule has 1 aromatic rings. The average Bonchev–Trinajstić information content (AvgIpc) is 3.10. The third-order valence-corrected chi connectivity index (χ3v) is 3.14. The topological polar surface area (TPSA) is 43.1 Å². The second-order valence-corrected chi connectivity index (χ2v) is 4.34. The Morgan fingerprint density at radius 1 is 1.56 bits per heavy atom. The maximum absolute atomic E-state index is 11.0. The van der Waals surface area contributed by atoms with E-state index in [1.807, 2.05) is 19.1 Å². The number of nitro benzene ring substituents is 1. The van der Waals surface area contributed by atoms with Crippen molar-refractivity contribution in [2.75, 3.05) is 0 Å². The summed E-state index contributed by atoms with van der Waals surface area (Å²) in [6.07, 6.45) is 3.98. The van der Waals surface area contributed by atoms with Crippen LogP contribution in [0.25, 0.3) is 0 Å². The molecule has 1 aliphatic rings. The molecule has 3 nitrogen and oxygen atoms in total. The van der Waals surface area contributed by atoms with Crippen molar-refractivity contribution in [3.8, 4) is 0 Å². The van der Waals surface area contributed by atoms with E-state index in [2.05, 4.69) is 6.58 Å². The van der Waals surface area contributed by atoms with Crippen LogP contribution in [0.3, 0.4) is 0 Å². The zero-order chi connectivity index (χ0) is 11.7. The highest BCUT2D eigenvalue weighted by atomic mass is 16.6. The minimum atomic E-state index is -0.271. The van der Waals surface area contributed by atoms with E-state index in [4.69, 9.17) is 0 Å². The van der Waals surface area contributed by atoms with Crippen molar-refractivity contribution in [2.45, 2.75) is 31.6 Å². The molecule has 2 rings (SSSR count). The van der Waals surface area contributed by atoms with E-state index in [9.17, 15) is 10.1 Å². The molecule has 1 fully saturated rings. The van der Waals surface area contributed by atoms with Gasteiger partial charge in [0.05, 0.1) is 4.92 Å². The van der Waals surface area contributed by atoms with Gasteiger partial charge in [0.2, 0.25) is 0 Å². The van der Waals surface area contributed by atoms with Crippen LogP contribution in [0.2, 0.25) is 0 Å². The molecular weight excluding hydrogens is 202 g/mol. The first-order valence-corrected chi connectivity index (χ1v) is 5.55. The molecule has 1 aliphatic carbocycles. The highest BCUT2D eigenvalue weighted by Crippen LogP contribution is 2.47. The number of benzene rings is 1. The molecule has 1 atom stereocenters. The van der Waals surface area contributed by atoms with Gasteiger partial charge in [0, 0.05) is 11.6 Å². The lowest BCUT2D eigenvalue weighted by atomic mass is 9.92. The SMILES string of the molecule is C=CC(C)c1cccc([N+](=O)[O-])c1C1CC1. The predicted octanol–water partition coefficient (Wildman–Crippen LogP) is 3.76. The van der Waals surface area contributed by atoms with Crippen molar-refractivity contribution in [3.05, 3.63) is 52.1 Å². The molecule has 0 saturated heterocycles. The van der Waals surface area contributed by atoms with Gasteiger partial charge in [-0.05, 0) is 30.2 Å². The monoisotopic (exact) mass is 217 g/mol. The molecule has 0 heterocycles. The van der Waals surface area contributed by atoms with E-state index in [0.29, 0.717) is 5.92 Å². The zero-order valence-electron chi connectivity index (χ0n) is 9.35. The molecule has 1 unspecified atom stereocenters. The van der Waals surface area contributed by atoms with Gasteiger partial charge in [0.1, 0.15) is 0 Å². The van der Waals surface area contributed by atoms with Crippen LogP contribution in [0.1, 0.15) is 42.7 Å². The maximum atomic E-state index is 11.0. The van der Waals surface area contributed by atoms with Crippen molar-refractivity contribution in [2.24, 2.45) is 0 Å². The van der Waals surface area contributed by atoms with E-state index in [0.717, 1.165) is 24.0 Å². The smallest absolute Gasteiger partial charge is 0.258 e. The lowest BCUT2D eigenvalue weighted by Crippen LogP contribution is -2.01. The second-order valence-electron chi connectivity index (χ2n) is 4.34. The Kier molecular flexibility index (Phi) is 2.77. The summed E-state index contributed by atoms with van der Waals surface area (Å²) in [5.41, 5.74) is 2.26. The molecule has 0 radical (unpaired) electrons. The maximum Gasteiger partial charge on any atom is 0.273 e. The van der Waals surface area contributed by atoms with Crippen LogP contribution in [0.5, 0.6) is 0 Å². The summed E-state index contributed by atoms with van der Waals surface area (Å²) in [6, 6.07) is 5.35. The molecule has 0 aliphatic heterocycles. The molecule has 1 saturated carbocycles. The molecule has 0 N–H and O–H groups in total. The Balaban J connectivity index is 2.55. The Morgan fingerprint density at radius 3 is 2.75 bits per heavy atom. The van der Waals surface area contributed by atoms with Crippen LogP contribution in [-0.4, -0.2) is 4.92 Å². The first-order valence-electron chi connectivity index (χ1n) is 5.55. The van der Waals surface area contributed by atoms with Gasteiger partial charge >= 0.3 is 0 Å². The Morgan fingerprint density at radius 2 is 2.25 bits per heavy atom. The fraction of sp³-hybridized carbons (Fsp3) is 0.385. The summed E-state index contributed by atoms with van der Waals surface area (Å²) in [6.45, 7) is 5.79. The molecule has 0 spiro atoms. The standard InChI is InChI=1S/C13H15NO2/c1-3-9(2)11-5-4-6-12(14(15)16)13(11)10-7-8-10/h3-6,9-10H,1,7-8H2,2H3. The molecule has 84 valence electrons.